The molecule has 0 unspecified atom stereocenters. The van der Waals surface area contributed by atoms with Crippen molar-refractivity contribution >= 4 is 5.91 Å². The minimum atomic E-state index is -2.83. The highest BCUT2D eigenvalue weighted by atomic mass is 19.3. The number of hydrogen-bond acceptors (Lipinski definition) is 2. The molecule has 1 amide bonds. The van der Waals surface area contributed by atoms with E-state index in [0.29, 0.717) is 12.1 Å². The molecule has 1 aromatic carbocycles. The molecule has 0 aliphatic carbocycles. The van der Waals surface area contributed by atoms with Gasteiger partial charge in [-0.1, -0.05) is 25.1 Å². The number of nitrogens with zero attached hydrogens (tertiary/aromatic N) is 1. The third-order valence-electron chi connectivity index (χ3n) is 2.76. The van der Waals surface area contributed by atoms with Crippen molar-refractivity contribution in [1.82, 2.24) is 4.90 Å². The fourth-order valence-corrected chi connectivity index (χ4v) is 1.82. The molecule has 3 nitrogen and oxygen atoms in total. The molecule has 0 heterocycles. The molecule has 0 aromatic heterocycles. The fourth-order valence-electron chi connectivity index (χ4n) is 1.82. The van der Waals surface area contributed by atoms with E-state index in [1.54, 1.807) is 31.0 Å². The SMILES string of the molecule is CC/C=C(\C)C(=O)N(C)Cc1ccc(OC(F)F)cc1. The minimum Gasteiger partial charge on any atom is -0.435 e. The van der Waals surface area contributed by atoms with E-state index in [2.05, 4.69) is 4.74 Å². The zero-order valence-electron chi connectivity index (χ0n) is 11.9. The Morgan fingerprint density at radius 1 is 1.35 bits per heavy atom. The molecule has 1 rings (SSSR count). The average molecular weight is 283 g/mol. The molecule has 110 valence electrons. The third-order valence-corrected chi connectivity index (χ3v) is 2.76. The maximum absolute atomic E-state index is 12.0. The van der Waals surface area contributed by atoms with Crippen LogP contribution in [0.2, 0.25) is 0 Å². The first-order valence-corrected chi connectivity index (χ1v) is 6.40. The van der Waals surface area contributed by atoms with Crippen molar-refractivity contribution in [3.05, 3.63) is 41.5 Å². The zero-order valence-corrected chi connectivity index (χ0v) is 11.9. The Kier molecular flexibility index (Phi) is 6.15. The summed E-state index contributed by atoms with van der Waals surface area (Å²) in [5, 5.41) is 0. The van der Waals surface area contributed by atoms with E-state index in [-0.39, 0.29) is 11.7 Å². The Bertz CT molecular complexity index is 469. The van der Waals surface area contributed by atoms with Gasteiger partial charge in [0.05, 0.1) is 0 Å². The quantitative estimate of drug-likeness (QED) is 0.746. The molecule has 0 saturated carbocycles. The second-order valence-electron chi connectivity index (χ2n) is 4.48. The summed E-state index contributed by atoms with van der Waals surface area (Å²) in [6.07, 6.45) is 2.68. The van der Waals surface area contributed by atoms with Gasteiger partial charge in [0.1, 0.15) is 5.75 Å². The van der Waals surface area contributed by atoms with Crippen LogP contribution in [0.5, 0.6) is 5.75 Å². The van der Waals surface area contributed by atoms with Gasteiger partial charge in [-0.3, -0.25) is 4.79 Å². The van der Waals surface area contributed by atoms with Crippen molar-refractivity contribution in [2.45, 2.75) is 33.4 Å². The van der Waals surface area contributed by atoms with Gasteiger partial charge < -0.3 is 9.64 Å². The van der Waals surface area contributed by atoms with Gasteiger partial charge in [-0.05, 0) is 31.0 Å². The lowest BCUT2D eigenvalue weighted by Crippen LogP contribution is -2.26. The Morgan fingerprint density at radius 3 is 2.45 bits per heavy atom. The standard InChI is InChI=1S/C15H19F2NO2/c1-4-5-11(2)14(19)18(3)10-12-6-8-13(9-7-12)20-15(16)17/h5-9,15H,4,10H2,1-3H3/b11-5+. The van der Waals surface area contributed by atoms with Gasteiger partial charge in [0.25, 0.3) is 0 Å². The van der Waals surface area contributed by atoms with Crippen molar-refractivity contribution in [3.8, 4) is 5.75 Å². The van der Waals surface area contributed by atoms with Gasteiger partial charge in [0.2, 0.25) is 5.91 Å². The Morgan fingerprint density at radius 2 is 1.95 bits per heavy atom. The Hall–Kier alpha value is -1.91. The van der Waals surface area contributed by atoms with Crippen molar-refractivity contribution in [2.75, 3.05) is 7.05 Å². The molecule has 0 atom stereocenters. The third kappa shape index (κ3) is 4.99. The number of carbonyl (C=O) groups excluding carboxylic acids is 1. The summed E-state index contributed by atoms with van der Waals surface area (Å²) in [7, 11) is 1.71. The minimum absolute atomic E-state index is 0.0419. The molecule has 5 heteroatoms. The molecule has 0 aliphatic rings. The highest BCUT2D eigenvalue weighted by molar-refractivity contribution is 5.92. The van der Waals surface area contributed by atoms with Crippen LogP contribution in [0.4, 0.5) is 8.78 Å². The van der Waals surface area contributed by atoms with E-state index >= 15 is 0 Å². The number of likely N-dealkylation sites (N-methyl/N-ethyl adjacent to an activating group) is 1. The van der Waals surface area contributed by atoms with E-state index in [0.717, 1.165) is 12.0 Å². The second-order valence-corrected chi connectivity index (χ2v) is 4.48. The van der Waals surface area contributed by atoms with E-state index in [1.807, 2.05) is 13.0 Å². The van der Waals surface area contributed by atoms with Crippen molar-refractivity contribution in [3.63, 3.8) is 0 Å². The summed E-state index contributed by atoms with van der Waals surface area (Å²) in [5.74, 6) is 0.0690. The number of amides is 1. The van der Waals surface area contributed by atoms with Crippen molar-refractivity contribution < 1.29 is 18.3 Å². The van der Waals surface area contributed by atoms with Crippen LogP contribution in [0.15, 0.2) is 35.9 Å². The largest absolute Gasteiger partial charge is 0.435 e. The molecule has 0 aliphatic heterocycles. The van der Waals surface area contributed by atoms with E-state index in [9.17, 15) is 13.6 Å². The van der Waals surface area contributed by atoms with Crippen LogP contribution in [-0.2, 0) is 11.3 Å². The first-order chi connectivity index (χ1) is 9.43. The molecule has 0 fully saturated rings. The monoisotopic (exact) mass is 283 g/mol. The summed E-state index contributed by atoms with van der Waals surface area (Å²) < 4.78 is 28.3. The number of allylic oxidation sites excluding steroid dienone is 1. The van der Waals surface area contributed by atoms with Crippen molar-refractivity contribution in [2.24, 2.45) is 0 Å². The molecular formula is C15H19F2NO2. The average Bonchev–Trinajstić information content (AvgIpc) is 2.39. The number of hydrogen-bond donors (Lipinski definition) is 0. The fraction of sp³-hybridized carbons (Fsp3) is 0.400. The summed E-state index contributed by atoms with van der Waals surface area (Å²) >= 11 is 0. The first kappa shape index (κ1) is 16.1. The van der Waals surface area contributed by atoms with E-state index in [1.165, 1.54) is 12.1 Å². The van der Waals surface area contributed by atoms with Gasteiger partial charge in [0, 0.05) is 19.2 Å². The lowest BCUT2D eigenvalue weighted by Gasteiger charge is -2.18. The van der Waals surface area contributed by atoms with Gasteiger partial charge >= 0.3 is 6.61 Å². The lowest BCUT2D eigenvalue weighted by molar-refractivity contribution is -0.126. The van der Waals surface area contributed by atoms with Crippen LogP contribution >= 0.6 is 0 Å². The normalized spacial score (nSPS) is 11.6. The van der Waals surface area contributed by atoms with Crippen LogP contribution in [0.1, 0.15) is 25.8 Å². The summed E-state index contributed by atoms with van der Waals surface area (Å²) in [4.78, 5) is 13.6. The maximum atomic E-state index is 12.0. The molecule has 1 aromatic rings. The summed E-state index contributed by atoms with van der Waals surface area (Å²) in [6, 6.07) is 6.27. The predicted molar refractivity (Wildman–Crippen MR) is 73.6 cm³/mol. The number of carbonyl (C=O) groups is 1. The molecule has 0 radical (unpaired) electrons. The van der Waals surface area contributed by atoms with Crippen molar-refractivity contribution in [1.29, 1.82) is 0 Å². The van der Waals surface area contributed by atoms with Gasteiger partial charge in [0.15, 0.2) is 0 Å². The maximum Gasteiger partial charge on any atom is 0.387 e. The van der Waals surface area contributed by atoms with Crippen LogP contribution in [0.25, 0.3) is 0 Å². The predicted octanol–water partition coefficient (Wildman–Crippen LogP) is 3.60. The van der Waals surface area contributed by atoms with Crippen LogP contribution < -0.4 is 4.74 Å². The van der Waals surface area contributed by atoms with Crippen LogP contribution in [-0.4, -0.2) is 24.5 Å². The summed E-state index contributed by atoms with van der Waals surface area (Å²) in [6.45, 7) is 1.34. The lowest BCUT2D eigenvalue weighted by atomic mass is 10.2. The number of benzene rings is 1. The number of ether oxygens (including phenoxy) is 1. The topological polar surface area (TPSA) is 29.5 Å². The molecular weight excluding hydrogens is 264 g/mol. The van der Waals surface area contributed by atoms with E-state index < -0.39 is 6.61 Å². The van der Waals surface area contributed by atoms with Crippen LogP contribution in [0, 0.1) is 0 Å². The summed E-state index contributed by atoms with van der Waals surface area (Å²) in [5.41, 5.74) is 1.56. The Balaban J connectivity index is 2.64. The van der Waals surface area contributed by atoms with E-state index in [4.69, 9.17) is 0 Å². The Labute approximate surface area is 117 Å². The van der Waals surface area contributed by atoms with Crippen LogP contribution in [0.3, 0.4) is 0 Å². The zero-order chi connectivity index (χ0) is 15.1. The van der Waals surface area contributed by atoms with Gasteiger partial charge in [-0.2, -0.15) is 8.78 Å². The smallest absolute Gasteiger partial charge is 0.387 e. The number of alkyl halides is 2. The molecule has 0 saturated heterocycles. The number of rotatable bonds is 6. The molecule has 0 N–H and O–H groups in total. The van der Waals surface area contributed by atoms with Gasteiger partial charge in [-0.15, -0.1) is 0 Å². The molecule has 0 spiro atoms. The van der Waals surface area contributed by atoms with Gasteiger partial charge in [-0.25, -0.2) is 0 Å². The molecule has 20 heavy (non-hydrogen) atoms. The number of halogens is 2. The molecule has 0 bridgehead atoms. The highest BCUT2D eigenvalue weighted by Crippen LogP contribution is 2.16. The highest BCUT2D eigenvalue weighted by Gasteiger charge is 2.11. The first-order valence-electron chi connectivity index (χ1n) is 6.40. The second kappa shape index (κ2) is 7.62.